The Bertz CT molecular complexity index is 614. The first-order valence-electron chi connectivity index (χ1n) is 6.43. The molecule has 3 rings (SSSR count). The van der Waals surface area contributed by atoms with Gasteiger partial charge in [-0.05, 0) is 26.3 Å². The van der Waals surface area contributed by atoms with E-state index in [0.717, 1.165) is 36.6 Å². The molecule has 0 fully saturated rings. The fraction of sp³-hybridized carbons (Fsp3) is 0.462. The van der Waals surface area contributed by atoms with Gasteiger partial charge < -0.3 is 14.3 Å². The number of furan rings is 1. The number of nitrogens with zero attached hydrogens (tertiary/aromatic N) is 3. The summed E-state index contributed by atoms with van der Waals surface area (Å²) in [6, 6.07) is 1.59. The third kappa shape index (κ3) is 2.03. The fourth-order valence-corrected chi connectivity index (χ4v) is 2.43. The maximum Gasteiger partial charge on any atom is 0.287 e. The van der Waals surface area contributed by atoms with Crippen LogP contribution in [0.2, 0.25) is 0 Å². The number of aromatic nitrogens is 3. The van der Waals surface area contributed by atoms with Gasteiger partial charge in [0.1, 0.15) is 5.82 Å². The molecule has 0 saturated heterocycles. The molecule has 2 aromatic rings. The van der Waals surface area contributed by atoms with Crippen molar-refractivity contribution in [3.63, 3.8) is 0 Å². The van der Waals surface area contributed by atoms with Crippen LogP contribution in [0.15, 0.2) is 16.7 Å². The molecule has 6 heteroatoms. The second kappa shape index (κ2) is 4.53. The van der Waals surface area contributed by atoms with Crippen LogP contribution >= 0.6 is 0 Å². The highest BCUT2D eigenvalue weighted by Gasteiger charge is 2.23. The van der Waals surface area contributed by atoms with Gasteiger partial charge in [0.25, 0.3) is 5.91 Å². The molecule has 1 atom stereocenters. The van der Waals surface area contributed by atoms with E-state index in [2.05, 4.69) is 20.1 Å². The van der Waals surface area contributed by atoms with Crippen molar-refractivity contribution in [2.75, 3.05) is 0 Å². The SMILES string of the molecule is Cc1ccoc1C(=O)NC(C)c1nnc2n1CCC2. The first-order valence-corrected chi connectivity index (χ1v) is 6.43. The second-order valence-corrected chi connectivity index (χ2v) is 4.86. The predicted octanol–water partition coefficient (Wildman–Crippen LogP) is 1.62. The molecule has 1 amide bonds. The van der Waals surface area contributed by atoms with Crippen molar-refractivity contribution in [3.8, 4) is 0 Å². The van der Waals surface area contributed by atoms with Gasteiger partial charge in [-0.2, -0.15) is 0 Å². The van der Waals surface area contributed by atoms with Crippen molar-refractivity contribution in [1.82, 2.24) is 20.1 Å². The molecule has 19 heavy (non-hydrogen) atoms. The number of hydrogen-bond acceptors (Lipinski definition) is 4. The Labute approximate surface area is 110 Å². The monoisotopic (exact) mass is 260 g/mol. The van der Waals surface area contributed by atoms with Gasteiger partial charge in [0, 0.05) is 18.5 Å². The quantitative estimate of drug-likeness (QED) is 0.910. The highest BCUT2D eigenvalue weighted by atomic mass is 16.3. The summed E-state index contributed by atoms with van der Waals surface area (Å²) in [6.45, 7) is 4.68. The van der Waals surface area contributed by atoms with Gasteiger partial charge in [-0.15, -0.1) is 10.2 Å². The van der Waals surface area contributed by atoms with E-state index in [-0.39, 0.29) is 11.9 Å². The minimum absolute atomic E-state index is 0.184. The van der Waals surface area contributed by atoms with Crippen LogP contribution in [0.1, 0.15) is 47.2 Å². The molecular weight excluding hydrogens is 244 g/mol. The number of hydrogen-bond donors (Lipinski definition) is 1. The summed E-state index contributed by atoms with van der Waals surface area (Å²) < 4.78 is 7.27. The number of aryl methyl sites for hydroxylation is 2. The third-order valence-electron chi connectivity index (χ3n) is 3.44. The highest BCUT2D eigenvalue weighted by molar-refractivity contribution is 5.92. The Morgan fingerprint density at radius 2 is 2.37 bits per heavy atom. The number of amides is 1. The lowest BCUT2D eigenvalue weighted by atomic mass is 10.2. The first-order chi connectivity index (χ1) is 9.16. The van der Waals surface area contributed by atoms with Crippen LogP contribution in [0, 0.1) is 6.92 Å². The Morgan fingerprint density at radius 1 is 1.53 bits per heavy atom. The van der Waals surface area contributed by atoms with Gasteiger partial charge in [-0.3, -0.25) is 4.79 Å². The lowest BCUT2D eigenvalue weighted by Crippen LogP contribution is -2.28. The highest BCUT2D eigenvalue weighted by Crippen LogP contribution is 2.19. The van der Waals surface area contributed by atoms with E-state index in [0.29, 0.717) is 5.76 Å². The zero-order valence-corrected chi connectivity index (χ0v) is 11.0. The molecule has 1 aliphatic rings. The molecule has 0 bridgehead atoms. The Morgan fingerprint density at radius 3 is 3.11 bits per heavy atom. The van der Waals surface area contributed by atoms with Crippen molar-refractivity contribution in [1.29, 1.82) is 0 Å². The Kier molecular flexibility index (Phi) is 2.85. The van der Waals surface area contributed by atoms with Crippen LogP contribution in [-0.4, -0.2) is 20.7 Å². The number of rotatable bonds is 3. The number of fused-ring (bicyclic) bond motifs is 1. The second-order valence-electron chi connectivity index (χ2n) is 4.86. The van der Waals surface area contributed by atoms with Crippen molar-refractivity contribution in [3.05, 3.63) is 35.3 Å². The van der Waals surface area contributed by atoms with E-state index < -0.39 is 0 Å². The minimum Gasteiger partial charge on any atom is -0.459 e. The molecule has 6 nitrogen and oxygen atoms in total. The first kappa shape index (κ1) is 12.0. The fourth-order valence-electron chi connectivity index (χ4n) is 2.43. The van der Waals surface area contributed by atoms with Crippen LogP contribution in [0.4, 0.5) is 0 Å². The lowest BCUT2D eigenvalue weighted by molar-refractivity contribution is 0.0908. The van der Waals surface area contributed by atoms with Crippen molar-refractivity contribution >= 4 is 5.91 Å². The smallest absolute Gasteiger partial charge is 0.287 e. The van der Waals surface area contributed by atoms with Crippen molar-refractivity contribution in [2.45, 2.75) is 39.3 Å². The maximum absolute atomic E-state index is 12.1. The van der Waals surface area contributed by atoms with Gasteiger partial charge in [0.05, 0.1) is 12.3 Å². The molecule has 0 aromatic carbocycles. The van der Waals surface area contributed by atoms with E-state index >= 15 is 0 Å². The van der Waals surface area contributed by atoms with E-state index in [9.17, 15) is 4.79 Å². The summed E-state index contributed by atoms with van der Waals surface area (Å²) in [5.74, 6) is 1.95. The molecule has 1 N–H and O–H groups in total. The van der Waals surface area contributed by atoms with Crippen LogP contribution in [0.25, 0.3) is 0 Å². The number of nitrogens with one attached hydrogen (secondary N) is 1. The summed E-state index contributed by atoms with van der Waals surface area (Å²) in [5, 5.41) is 11.2. The normalized spacial score (nSPS) is 15.3. The zero-order chi connectivity index (χ0) is 13.4. The molecule has 2 aromatic heterocycles. The summed E-state index contributed by atoms with van der Waals surface area (Å²) in [7, 11) is 0. The molecule has 0 spiro atoms. The molecule has 1 unspecified atom stereocenters. The summed E-state index contributed by atoms with van der Waals surface area (Å²) in [5.41, 5.74) is 0.830. The predicted molar refractivity (Wildman–Crippen MR) is 67.7 cm³/mol. The van der Waals surface area contributed by atoms with Gasteiger partial charge >= 0.3 is 0 Å². The molecule has 0 saturated carbocycles. The Balaban J connectivity index is 1.76. The molecule has 1 aliphatic heterocycles. The van der Waals surface area contributed by atoms with Gasteiger partial charge in [0.2, 0.25) is 0 Å². The standard InChI is InChI=1S/C13H16N4O2/c1-8-5-7-19-11(8)13(18)14-9(2)12-16-15-10-4-3-6-17(10)12/h5,7,9H,3-4,6H2,1-2H3,(H,14,18). The molecular formula is C13H16N4O2. The molecule has 100 valence electrons. The van der Waals surface area contributed by atoms with E-state index in [4.69, 9.17) is 4.42 Å². The van der Waals surface area contributed by atoms with E-state index in [1.165, 1.54) is 6.26 Å². The van der Waals surface area contributed by atoms with Gasteiger partial charge in [-0.1, -0.05) is 0 Å². The van der Waals surface area contributed by atoms with Gasteiger partial charge in [-0.25, -0.2) is 0 Å². The van der Waals surface area contributed by atoms with Gasteiger partial charge in [0.15, 0.2) is 11.6 Å². The average Bonchev–Trinajstić information content (AvgIpc) is 3.02. The summed E-state index contributed by atoms with van der Waals surface area (Å²) in [4.78, 5) is 12.1. The average molecular weight is 260 g/mol. The number of carbonyl (C=O) groups is 1. The zero-order valence-electron chi connectivity index (χ0n) is 11.0. The summed E-state index contributed by atoms with van der Waals surface area (Å²) in [6.07, 6.45) is 3.57. The topological polar surface area (TPSA) is 73.0 Å². The van der Waals surface area contributed by atoms with Crippen molar-refractivity contribution < 1.29 is 9.21 Å². The lowest BCUT2D eigenvalue weighted by Gasteiger charge is -2.13. The molecule has 0 radical (unpaired) electrons. The number of carbonyl (C=O) groups excluding carboxylic acids is 1. The van der Waals surface area contributed by atoms with E-state index in [1.807, 2.05) is 13.8 Å². The van der Waals surface area contributed by atoms with Crippen LogP contribution in [0.3, 0.4) is 0 Å². The molecule has 3 heterocycles. The largest absolute Gasteiger partial charge is 0.459 e. The maximum atomic E-state index is 12.1. The Hall–Kier alpha value is -2.11. The van der Waals surface area contributed by atoms with Crippen LogP contribution in [-0.2, 0) is 13.0 Å². The van der Waals surface area contributed by atoms with Crippen molar-refractivity contribution in [2.24, 2.45) is 0 Å². The van der Waals surface area contributed by atoms with Crippen LogP contribution < -0.4 is 5.32 Å². The summed E-state index contributed by atoms with van der Waals surface area (Å²) >= 11 is 0. The third-order valence-corrected chi connectivity index (χ3v) is 3.44. The van der Waals surface area contributed by atoms with E-state index in [1.54, 1.807) is 6.07 Å². The minimum atomic E-state index is -0.217. The van der Waals surface area contributed by atoms with Crippen LogP contribution in [0.5, 0.6) is 0 Å². The molecule has 0 aliphatic carbocycles.